The molecule has 8 N–H and O–H groups in total. The number of hydrogen-bond acceptors (Lipinski definition) is 18. The van der Waals surface area contributed by atoms with E-state index in [9.17, 15) is 57.1 Å². The van der Waals surface area contributed by atoms with Gasteiger partial charge in [0, 0.05) is 24.3 Å². The third-order valence-electron chi connectivity index (χ3n) is 8.48. The second-order valence-electron chi connectivity index (χ2n) is 12.9. The summed E-state index contributed by atoms with van der Waals surface area (Å²) in [5, 5.41) is 92.5. The third-order valence-corrected chi connectivity index (χ3v) is 10.2. The Bertz CT molecular complexity index is 2930. The first-order valence-corrected chi connectivity index (χ1v) is 20.3. The number of hydrogen-bond donors (Lipinski definition) is 8. The van der Waals surface area contributed by atoms with Crippen molar-refractivity contribution in [3.05, 3.63) is 131 Å². The van der Waals surface area contributed by atoms with Gasteiger partial charge in [-0.3, -0.25) is 9.11 Å². The minimum atomic E-state index is -4.44. The SMILES string of the molecule is O=C(O)c1cc(Cc2ccc(/N=N\c3cc(/N=N\c4ccc(S(=O)(=O)O)cc4)c(O)cc3O)c(C(=O)O)c2)ccc1/N=N\c1cc(/N=N\c2ccc(S(=O)(=O)O)cc2)c(O)cc1O. The molecular weight excluding hydrogens is 869 g/mol. The number of carboxylic acids is 2. The zero-order chi connectivity index (χ0) is 45.6. The van der Waals surface area contributed by atoms with E-state index in [0.29, 0.717) is 11.1 Å². The van der Waals surface area contributed by atoms with Gasteiger partial charge in [-0.25, -0.2) is 9.59 Å². The van der Waals surface area contributed by atoms with E-state index in [0.717, 1.165) is 48.5 Å². The van der Waals surface area contributed by atoms with Crippen molar-refractivity contribution in [1.82, 2.24) is 0 Å². The Morgan fingerprint density at radius 3 is 1.00 bits per heavy atom. The molecular formula is C39H28N8O14S2. The summed E-state index contributed by atoms with van der Waals surface area (Å²) in [5.74, 6) is -4.90. The van der Waals surface area contributed by atoms with Crippen LogP contribution in [0.3, 0.4) is 0 Å². The molecule has 0 saturated carbocycles. The molecule has 63 heavy (non-hydrogen) atoms. The Morgan fingerprint density at radius 1 is 0.397 bits per heavy atom. The van der Waals surface area contributed by atoms with Gasteiger partial charge in [0.15, 0.2) is 0 Å². The minimum absolute atomic E-state index is 0.0344. The van der Waals surface area contributed by atoms with Crippen molar-refractivity contribution < 1.29 is 66.2 Å². The van der Waals surface area contributed by atoms with Gasteiger partial charge in [-0.05, 0) is 90.3 Å². The Morgan fingerprint density at radius 2 is 0.698 bits per heavy atom. The molecule has 6 aromatic carbocycles. The van der Waals surface area contributed by atoms with Gasteiger partial charge >= 0.3 is 11.9 Å². The first-order chi connectivity index (χ1) is 29.7. The predicted octanol–water partition coefficient (Wildman–Crippen LogP) is 9.65. The molecule has 0 radical (unpaired) electrons. The van der Waals surface area contributed by atoms with Crippen LogP contribution in [-0.4, -0.2) is 68.5 Å². The van der Waals surface area contributed by atoms with Crippen LogP contribution in [0.5, 0.6) is 23.0 Å². The highest BCUT2D eigenvalue weighted by molar-refractivity contribution is 7.86. The highest BCUT2D eigenvalue weighted by atomic mass is 32.2. The summed E-state index contributed by atoms with van der Waals surface area (Å²) in [6, 6.07) is 21.5. The summed E-state index contributed by atoms with van der Waals surface area (Å²) >= 11 is 0. The smallest absolute Gasteiger partial charge is 0.337 e. The quantitative estimate of drug-likeness (QED) is 0.0373. The van der Waals surface area contributed by atoms with Crippen molar-refractivity contribution in [3.8, 4) is 23.0 Å². The molecule has 6 aromatic rings. The second kappa shape index (κ2) is 18.1. The van der Waals surface area contributed by atoms with Gasteiger partial charge in [0.25, 0.3) is 20.2 Å². The molecule has 0 saturated heterocycles. The van der Waals surface area contributed by atoms with Crippen LogP contribution in [0.4, 0.5) is 45.5 Å². The Balaban J connectivity index is 1.19. The van der Waals surface area contributed by atoms with Crippen molar-refractivity contribution in [1.29, 1.82) is 0 Å². The van der Waals surface area contributed by atoms with E-state index in [2.05, 4.69) is 40.9 Å². The maximum absolute atomic E-state index is 12.3. The van der Waals surface area contributed by atoms with E-state index in [1.807, 2.05) is 0 Å². The summed E-state index contributed by atoms with van der Waals surface area (Å²) in [6.07, 6.45) is 0.0344. The number of benzene rings is 6. The molecule has 0 atom stereocenters. The Kier molecular flexibility index (Phi) is 12.7. The fraction of sp³-hybridized carbons (Fsp3) is 0.0256. The lowest BCUT2D eigenvalue weighted by atomic mass is 9.99. The summed E-state index contributed by atoms with van der Waals surface area (Å²) in [5.41, 5.74) is -0.642. The first-order valence-electron chi connectivity index (χ1n) is 17.4. The van der Waals surface area contributed by atoms with Gasteiger partial charge in [-0.15, -0.1) is 30.7 Å². The third kappa shape index (κ3) is 11.1. The topological polar surface area (TPSA) is 363 Å². The average Bonchev–Trinajstić information content (AvgIpc) is 3.22. The van der Waals surface area contributed by atoms with E-state index in [1.54, 1.807) is 0 Å². The van der Waals surface area contributed by atoms with Crippen molar-refractivity contribution in [2.24, 2.45) is 40.9 Å². The molecule has 0 spiro atoms. The molecule has 0 heterocycles. The number of carbonyl (C=O) groups is 2. The van der Waals surface area contributed by atoms with Gasteiger partial charge in [0.1, 0.15) is 57.1 Å². The average molecular weight is 897 g/mol. The summed E-state index contributed by atoms with van der Waals surface area (Å²) in [7, 11) is -8.88. The molecule has 24 heteroatoms. The van der Waals surface area contributed by atoms with Crippen molar-refractivity contribution >= 4 is 77.7 Å². The Hall–Kier alpha value is -8.32. The molecule has 0 unspecified atom stereocenters. The summed E-state index contributed by atoms with van der Waals surface area (Å²) < 4.78 is 63.3. The molecule has 6 rings (SSSR count). The standard InChI is InChI=1S/C39H28N8O14S2/c48-34-18-36(50)32(16-30(34)44-40-22-3-7-24(8-4-22)62(56,57)58)46-42-28-11-1-20(14-26(28)38(52)53)13-21-2-12-29(27(15-21)39(54)55)43-47-33-17-31(35(49)19-37(33)51)45-41-23-5-9-25(10-6-23)63(59,60)61/h1-12,14-19,48-51H,13H2,(H,52,53)(H,54,55)(H,56,57,58)(H,59,60,61)/b44-40-,45-41-,46-42-,47-43-. The van der Waals surface area contributed by atoms with E-state index >= 15 is 0 Å². The number of nitrogens with zero attached hydrogens (tertiary/aromatic N) is 8. The number of aromatic carboxylic acids is 2. The molecule has 22 nitrogen and oxygen atoms in total. The summed E-state index contributed by atoms with van der Waals surface area (Å²) in [6.45, 7) is 0. The number of phenols is 4. The normalized spacial score (nSPS) is 12.2. The molecule has 0 aromatic heterocycles. The monoisotopic (exact) mass is 896 g/mol. The number of rotatable bonds is 14. The fourth-order valence-electron chi connectivity index (χ4n) is 5.38. The summed E-state index contributed by atoms with van der Waals surface area (Å²) in [4.78, 5) is 23.8. The van der Waals surface area contributed by atoms with E-state index < -0.39 is 55.2 Å². The van der Waals surface area contributed by atoms with Gasteiger partial charge in [-0.2, -0.15) is 27.1 Å². The molecule has 0 fully saturated rings. The number of aromatic hydroxyl groups is 4. The maximum atomic E-state index is 12.3. The van der Waals surface area contributed by atoms with Gasteiger partial charge < -0.3 is 30.6 Å². The molecule has 0 amide bonds. The Labute approximate surface area is 354 Å². The molecule has 0 aliphatic rings. The van der Waals surface area contributed by atoms with Crippen LogP contribution < -0.4 is 0 Å². The van der Waals surface area contributed by atoms with E-state index in [1.165, 1.54) is 60.7 Å². The van der Waals surface area contributed by atoms with Crippen LogP contribution in [0, 0.1) is 0 Å². The van der Waals surface area contributed by atoms with Crippen LogP contribution >= 0.6 is 0 Å². The van der Waals surface area contributed by atoms with Crippen molar-refractivity contribution in [2.75, 3.05) is 0 Å². The molecule has 0 aliphatic heterocycles. The highest BCUT2D eigenvalue weighted by Gasteiger charge is 2.17. The zero-order valence-corrected chi connectivity index (χ0v) is 33.2. The van der Waals surface area contributed by atoms with E-state index in [4.69, 9.17) is 9.11 Å². The lowest BCUT2D eigenvalue weighted by Gasteiger charge is -2.08. The van der Waals surface area contributed by atoms with Gasteiger partial charge in [0.2, 0.25) is 0 Å². The largest absolute Gasteiger partial charge is 0.505 e. The first kappa shape index (κ1) is 44.2. The molecule has 0 bridgehead atoms. The second-order valence-corrected chi connectivity index (χ2v) is 15.7. The lowest BCUT2D eigenvalue weighted by Crippen LogP contribution is -2.01. The van der Waals surface area contributed by atoms with Crippen LogP contribution in [0.2, 0.25) is 0 Å². The lowest BCUT2D eigenvalue weighted by molar-refractivity contribution is 0.0687. The zero-order valence-electron chi connectivity index (χ0n) is 31.5. The van der Waals surface area contributed by atoms with Crippen molar-refractivity contribution in [3.63, 3.8) is 0 Å². The molecule has 320 valence electrons. The van der Waals surface area contributed by atoms with Crippen LogP contribution in [0.1, 0.15) is 31.8 Å². The van der Waals surface area contributed by atoms with Crippen LogP contribution in [0.15, 0.2) is 160 Å². The van der Waals surface area contributed by atoms with Crippen molar-refractivity contribution in [2.45, 2.75) is 16.2 Å². The van der Waals surface area contributed by atoms with Crippen LogP contribution in [0.25, 0.3) is 0 Å². The highest BCUT2D eigenvalue weighted by Crippen LogP contribution is 2.42. The number of azo groups is 4. The van der Waals surface area contributed by atoms with Gasteiger partial charge in [0.05, 0.1) is 32.3 Å². The fourth-order valence-corrected chi connectivity index (χ4v) is 6.34. The van der Waals surface area contributed by atoms with Gasteiger partial charge in [-0.1, -0.05) is 12.1 Å². The van der Waals surface area contributed by atoms with Crippen LogP contribution in [-0.2, 0) is 26.7 Å². The minimum Gasteiger partial charge on any atom is -0.505 e. The maximum Gasteiger partial charge on any atom is 0.337 e. The number of carboxylic acid groups (broad SMARTS) is 2. The molecule has 0 aliphatic carbocycles. The number of phenolic OH excluding ortho intramolecular Hbond substituents is 4. The predicted molar refractivity (Wildman–Crippen MR) is 218 cm³/mol. The van der Waals surface area contributed by atoms with E-state index in [-0.39, 0.29) is 72.8 Å².